The van der Waals surface area contributed by atoms with E-state index < -0.39 is 10.8 Å². The molecular weight excluding hydrogens is 446 g/mol. The summed E-state index contributed by atoms with van der Waals surface area (Å²) >= 11 is 2.02. The number of benzene rings is 1. The van der Waals surface area contributed by atoms with Crippen LogP contribution in [0.25, 0.3) is 10.2 Å². The monoisotopic (exact) mass is 463 g/mol. The molecule has 10 nitrogen and oxygen atoms in total. The van der Waals surface area contributed by atoms with E-state index in [1.165, 1.54) is 23.5 Å². The van der Waals surface area contributed by atoms with Crippen LogP contribution < -0.4 is 14.3 Å². The van der Waals surface area contributed by atoms with Gasteiger partial charge in [0.05, 0.1) is 28.2 Å². The van der Waals surface area contributed by atoms with Gasteiger partial charge in [-0.15, -0.1) is 0 Å². The zero-order valence-corrected chi connectivity index (χ0v) is 18.0. The molecule has 31 heavy (non-hydrogen) atoms. The molecule has 0 radical (unpaired) electrons. The zero-order valence-electron chi connectivity index (χ0n) is 16.4. The molecule has 3 aromatic rings. The normalized spacial score (nSPS) is 13.4. The van der Waals surface area contributed by atoms with Crippen molar-refractivity contribution in [3.63, 3.8) is 0 Å². The maximum atomic E-state index is 12.6. The van der Waals surface area contributed by atoms with Crippen LogP contribution in [-0.4, -0.2) is 41.2 Å². The lowest BCUT2D eigenvalue weighted by Gasteiger charge is -2.18. The van der Waals surface area contributed by atoms with Gasteiger partial charge in [-0.25, -0.2) is 0 Å². The molecule has 0 unspecified atom stereocenters. The van der Waals surface area contributed by atoms with Crippen molar-refractivity contribution in [2.24, 2.45) is 4.99 Å². The minimum atomic E-state index is -0.591. The summed E-state index contributed by atoms with van der Waals surface area (Å²) in [5.74, 6) is 0.224. The average molecular weight is 463 g/mol. The molecule has 0 spiro atoms. The maximum Gasteiger partial charge on any atom is 0.324 e. The largest absolute Gasteiger partial charge is 0.486 e. The standard InChI is InChI=1S/C19H17N3O7S2/c1-2-27-17(23)5-6-21-11-9-12-13(29-8-7-28-12)10-15(11)31-19(21)20-18(24)14-3-4-16(30-14)22(25)26/h3-4,9-10H,2,5-8H2,1H3. The van der Waals surface area contributed by atoms with E-state index >= 15 is 0 Å². The predicted molar refractivity (Wildman–Crippen MR) is 113 cm³/mol. The van der Waals surface area contributed by atoms with Crippen LogP contribution in [0.4, 0.5) is 5.00 Å². The number of aromatic nitrogens is 1. The Balaban J connectivity index is 1.77. The fourth-order valence-corrected chi connectivity index (χ4v) is 4.80. The first-order valence-corrected chi connectivity index (χ1v) is 11.0. The lowest BCUT2D eigenvalue weighted by molar-refractivity contribution is -0.380. The van der Waals surface area contributed by atoms with E-state index in [9.17, 15) is 19.7 Å². The van der Waals surface area contributed by atoms with Crippen molar-refractivity contribution in [1.29, 1.82) is 0 Å². The molecule has 0 atom stereocenters. The summed E-state index contributed by atoms with van der Waals surface area (Å²) in [5, 5.41) is 10.8. The molecule has 0 aliphatic carbocycles. The number of nitro groups is 1. The Kier molecular flexibility index (Phi) is 6.00. The van der Waals surface area contributed by atoms with Crippen LogP contribution >= 0.6 is 22.7 Å². The molecule has 1 amide bonds. The summed E-state index contributed by atoms with van der Waals surface area (Å²) in [6, 6.07) is 6.26. The number of aryl methyl sites for hydroxylation is 1. The molecule has 1 aromatic carbocycles. The lowest BCUT2D eigenvalue weighted by atomic mass is 10.2. The number of esters is 1. The van der Waals surface area contributed by atoms with E-state index in [0.29, 0.717) is 29.5 Å². The van der Waals surface area contributed by atoms with Gasteiger partial charge < -0.3 is 18.8 Å². The van der Waals surface area contributed by atoms with Crippen molar-refractivity contribution in [2.45, 2.75) is 19.9 Å². The van der Waals surface area contributed by atoms with E-state index in [1.807, 2.05) is 6.07 Å². The Hall–Kier alpha value is -3.25. The molecule has 0 N–H and O–H groups in total. The van der Waals surface area contributed by atoms with Crippen LogP contribution in [0.2, 0.25) is 0 Å². The van der Waals surface area contributed by atoms with Gasteiger partial charge in [0.2, 0.25) is 0 Å². The highest BCUT2D eigenvalue weighted by molar-refractivity contribution is 7.17. The quantitative estimate of drug-likeness (QED) is 0.313. The number of thiophene rings is 1. The van der Waals surface area contributed by atoms with Crippen molar-refractivity contribution in [2.75, 3.05) is 19.8 Å². The highest BCUT2D eigenvalue weighted by Crippen LogP contribution is 2.35. The van der Waals surface area contributed by atoms with Crippen LogP contribution in [0.5, 0.6) is 11.5 Å². The number of ether oxygens (including phenoxy) is 3. The summed E-state index contributed by atoms with van der Waals surface area (Å²) in [4.78, 5) is 39.6. The minimum Gasteiger partial charge on any atom is -0.486 e. The topological polar surface area (TPSA) is 122 Å². The first kappa shape index (κ1) is 21.0. The zero-order chi connectivity index (χ0) is 22.0. The van der Waals surface area contributed by atoms with Gasteiger partial charge in [0.1, 0.15) is 18.1 Å². The van der Waals surface area contributed by atoms with Crippen LogP contribution in [-0.2, 0) is 16.1 Å². The van der Waals surface area contributed by atoms with Gasteiger partial charge in [-0.2, -0.15) is 4.99 Å². The molecule has 4 rings (SSSR count). The fraction of sp³-hybridized carbons (Fsp3) is 0.316. The van der Waals surface area contributed by atoms with Gasteiger partial charge in [-0.3, -0.25) is 19.7 Å². The second-order valence-corrected chi connectivity index (χ2v) is 8.44. The Morgan fingerprint density at radius 2 is 1.97 bits per heavy atom. The molecule has 12 heteroatoms. The third kappa shape index (κ3) is 4.44. The van der Waals surface area contributed by atoms with E-state index in [-0.39, 0.29) is 35.4 Å². The smallest absolute Gasteiger partial charge is 0.324 e. The maximum absolute atomic E-state index is 12.6. The van der Waals surface area contributed by atoms with Crippen molar-refractivity contribution >= 4 is 49.8 Å². The molecule has 0 saturated heterocycles. The number of hydrogen-bond acceptors (Lipinski definition) is 9. The molecule has 0 bridgehead atoms. The summed E-state index contributed by atoms with van der Waals surface area (Å²) < 4.78 is 18.8. The summed E-state index contributed by atoms with van der Waals surface area (Å²) in [6.45, 7) is 3.13. The molecule has 1 aliphatic rings. The predicted octanol–water partition coefficient (Wildman–Crippen LogP) is 3.14. The number of amides is 1. The fourth-order valence-electron chi connectivity index (χ4n) is 3.03. The summed E-state index contributed by atoms with van der Waals surface area (Å²) in [7, 11) is 0. The third-order valence-corrected chi connectivity index (χ3v) is 6.44. The van der Waals surface area contributed by atoms with Gasteiger partial charge in [-0.1, -0.05) is 22.7 Å². The molecule has 162 valence electrons. The van der Waals surface area contributed by atoms with Crippen LogP contribution in [0.3, 0.4) is 0 Å². The van der Waals surface area contributed by atoms with E-state index in [1.54, 1.807) is 17.6 Å². The number of hydrogen-bond donors (Lipinski definition) is 0. The van der Waals surface area contributed by atoms with Gasteiger partial charge in [0.25, 0.3) is 5.91 Å². The number of thiazole rings is 1. The highest BCUT2D eigenvalue weighted by atomic mass is 32.1. The van der Waals surface area contributed by atoms with E-state index in [2.05, 4.69) is 4.99 Å². The van der Waals surface area contributed by atoms with Crippen molar-refractivity contribution in [3.05, 3.63) is 44.1 Å². The first-order valence-electron chi connectivity index (χ1n) is 9.38. The number of rotatable bonds is 6. The summed E-state index contributed by atoms with van der Waals surface area (Å²) in [6.07, 6.45) is 0.0972. The minimum absolute atomic E-state index is 0.0972. The molecule has 2 aromatic heterocycles. The number of fused-ring (bicyclic) bond motifs is 2. The summed E-state index contributed by atoms with van der Waals surface area (Å²) in [5.41, 5.74) is 0.738. The molecular formula is C19H17N3O7S2. The van der Waals surface area contributed by atoms with Gasteiger partial charge in [0.15, 0.2) is 16.3 Å². The third-order valence-electron chi connectivity index (χ3n) is 4.37. The van der Waals surface area contributed by atoms with Crippen molar-refractivity contribution < 1.29 is 28.7 Å². The van der Waals surface area contributed by atoms with Crippen molar-refractivity contribution in [3.8, 4) is 11.5 Å². The molecule has 0 saturated carbocycles. The average Bonchev–Trinajstić information content (AvgIpc) is 3.36. The van der Waals surface area contributed by atoms with Crippen LogP contribution in [0.1, 0.15) is 23.0 Å². The Bertz CT molecular complexity index is 1240. The Labute approximate surface area is 183 Å². The van der Waals surface area contributed by atoms with Crippen molar-refractivity contribution in [1.82, 2.24) is 4.57 Å². The van der Waals surface area contributed by atoms with Gasteiger partial charge >= 0.3 is 11.0 Å². The van der Waals surface area contributed by atoms with Crippen LogP contribution in [0, 0.1) is 10.1 Å². The van der Waals surface area contributed by atoms with Gasteiger partial charge in [0, 0.05) is 24.7 Å². The second-order valence-electron chi connectivity index (χ2n) is 6.37. The lowest BCUT2D eigenvalue weighted by Crippen LogP contribution is -2.20. The highest BCUT2D eigenvalue weighted by Gasteiger charge is 2.19. The Morgan fingerprint density at radius 1 is 1.23 bits per heavy atom. The first-order chi connectivity index (χ1) is 15.0. The number of carbonyl (C=O) groups excluding carboxylic acids is 2. The number of carbonyl (C=O) groups is 2. The second kappa shape index (κ2) is 8.86. The van der Waals surface area contributed by atoms with E-state index in [4.69, 9.17) is 14.2 Å². The Morgan fingerprint density at radius 3 is 2.65 bits per heavy atom. The molecule has 0 fully saturated rings. The van der Waals surface area contributed by atoms with Gasteiger partial charge in [-0.05, 0) is 13.0 Å². The van der Waals surface area contributed by atoms with E-state index in [0.717, 1.165) is 21.6 Å². The van der Waals surface area contributed by atoms with Crippen LogP contribution in [0.15, 0.2) is 29.3 Å². The molecule has 1 aliphatic heterocycles. The SMILES string of the molecule is CCOC(=O)CCn1c(=NC(=O)c2ccc([N+](=O)[O-])s2)sc2cc3c(cc21)OCCO3. The number of nitrogens with zero attached hydrogens (tertiary/aromatic N) is 3. The molecule has 3 heterocycles.